The van der Waals surface area contributed by atoms with Gasteiger partial charge in [-0.25, -0.2) is 0 Å². The number of hydrogen-bond acceptors (Lipinski definition) is 0. The number of rotatable bonds is 3. The van der Waals surface area contributed by atoms with Gasteiger partial charge in [0.1, 0.15) is 0 Å². The first-order chi connectivity index (χ1) is 7.91. The van der Waals surface area contributed by atoms with E-state index >= 15 is 0 Å². The maximum absolute atomic E-state index is 12.8. The van der Waals surface area contributed by atoms with Crippen molar-refractivity contribution in [1.82, 2.24) is 0 Å². The Bertz CT molecular complexity index is 450. The van der Waals surface area contributed by atoms with Crippen molar-refractivity contribution in [2.45, 2.75) is 43.3 Å². The maximum atomic E-state index is 12.8. The molecule has 0 radical (unpaired) electrons. The molecule has 0 heterocycles. The SMILES string of the molecule is CCc1cccc(C23CC([B-](F)(F)F)(C2)C3)c1.[K+]. The zero-order valence-electron chi connectivity index (χ0n) is 10.8. The molecule has 92 valence electrons. The smallest absolute Gasteiger partial charge is 0.449 e. The van der Waals surface area contributed by atoms with Crippen LogP contribution in [0.3, 0.4) is 0 Å². The summed E-state index contributed by atoms with van der Waals surface area (Å²) in [6.45, 7) is -2.58. The molecule has 5 heteroatoms. The largest absolute Gasteiger partial charge is 1.00 e. The van der Waals surface area contributed by atoms with Crippen LogP contribution in [0.1, 0.15) is 37.3 Å². The third-order valence-corrected chi connectivity index (χ3v) is 4.71. The summed E-state index contributed by atoms with van der Waals surface area (Å²) < 4.78 is 38.4. The van der Waals surface area contributed by atoms with E-state index in [2.05, 4.69) is 13.0 Å². The zero-order valence-corrected chi connectivity index (χ0v) is 14.0. The Morgan fingerprint density at radius 3 is 2.28 bits per heavy atom. The van der Waals surface area contributed by atoms with Crippen molar-refractivity contribution in [1.29, 1.82) is 0 Å². The topological polar surface area (TPSA) is 0 Å². The van der Waals surface area contributed by atoms with Crippen molar-refractivity contribution in [2.24, 2.45) is 0 Å². The molecular formula is C13H15BF3K. The summed E-state index contributed by atoms with van der Waals surface area (Å²) in [4.78, 5) is 0. The van der Waals surface area contributed by atoms with E-state index in [4.69, 9.17) is 0 Å². The number of halogens is 3. The molecule has 3 aliphatic carbocycles. The molecule has 0 nitrogen and oxygen atoms in total. The van der Waals surface area contributed by atoms with Gasteiger partial charge in [-0.1, -0.05) is 55.8 Å². The molecule has 0 spiro atoms. The fourth-order valence-electron chi connectivity index (χ4n) is 3.64. The van der Waals surface area contributed by atoms with Crippen molar-refractivity contribution in [3.63, 3.8) is 0 Å². The number of benzene rings is 1. The van der Waals surface area contributed by atoms with Gasteiger partial charge in [0.15, 0.2) is 0 Å². The first-order valence-corrected chi connectivity index (χ1v) is 6.20. The number of hydrogen-bond donors (Lipinski definition) is 0. The Morgan fingerprint density at radius 1 is 1.17 bits per heavy atom. The van der Waals surface area contributed by atoms with Gasteiger partial charge in [0, 0.05) is 0 Å². The third-order valence-electron chi connectivity index (χ3n) is 4.71. The zero-order chi connectivity index (χ0) is 12.3. The van der Waals surface area contributed by atoms with Gasteiger partial charge in [-0.15, -0.1) is 0 Å². The van der Waals surface area contributed by atoms with Gasteiger partial charge in [-0.3, -0.25) is 0 Å². The standard InChI is InChI=1S/C13H15BF3.K/c1-2-10-4-3-5-11(6-10)12-7-13(8-12,9-12)14(15,16)17;/h3-6H,2,7-9H2,1H3;/q-1;+1. The minimum Gasteiger partial charge on any atom is -0.449 e. The van der Waals surface area contributed by atoms with Crippen LogP contribution < -0.4 is 51.4 Å². The second-order valence-corrected chi connectivity index (χ2v) is 5.80. The Morgan fingerprint density at radius 2 is 1.78 bits per heavy atom. The molecule has 2 bridgehead atoms. The normalized spacial score (nSPS) is 33.1. The van der Waals surface area contributed by atoms with Crippen LogP contribution in [0.2, 0.25) is 5.31 Å². The van der Waals surface area contributed by atoms with Gasteiger partial charge in [0.25, 0.3) is 0 Å². The van der Waals surface area contributed by atoms with Crippen LogP contribution >= 0.6 is 0 Å². The molecule has 0 N–H and O–H groups in total. The van der Waals surface area contributed by atoms with Crippen molar-refractivity contribution in [3.05, 3.63) is 35.4 Å². The van der Waals surface area contributed by atoms with Crippen molar-refractivity contribution in [2.75, 3.05) is 0 Å². The van der Waals surface area contributed by atoms with E-state index in [9.17, 15) is 12.9 Å². The second-order valence-electron chi connectivity index (χ2n) is 5.80. The molecule has 18 heavy (non-hydrogen) atoms. The van der Waals surface area contributed by atoms with Gasteiger partial charge < -0.3 is 12.9 Å². The minimum atomic E-state index is -4.65. The Labute approximate surface area is 148 Å². The van der Waals surface area contributed by atoms with Crippen LogP contribution in [-0.2, 0) is 11.8 Å². The van der Waals surface area contributed by atoms with Crippen LogP contribution in [0.4, 0.5) is 12.9 Å². The second kappa shape index (κ2) is 4.62. The summed E-state index contributed by atoms with van der Waals surface area (Å²) in [7, 11) is 0. The first-order valence-electron chi connectivity index (χ1n) is 6.20. The molecule has 0 unspecified atom stereocenters. The van der Waals surface area contributed by atoms with Gasteiger partial charge in [0.05, 0.1) is 0 Å². The van der Waals surface area contributed by atoms with Crippen LogP contribution in [0, 0.1) is 0 Å². The maximum Gasteiger partial charge on any atom is 1.00 e. The molecule has 1 aromatic carbocycles. The molecule has 0 amide bonds. The van der Waals surface area contributed by atoms with E-state index in [0.717, 1.165) is 12.0 Å². The molecule has 3 saturated carbocycles. The Kier molecular flexibility index (Phi) is 3.88. The molecule has 3 fully saturated rings. The van der Waals surface area contributed by atoms with Gasteiger partial charge in [0.2, 0.25) is 0 Å². The number of aryl methyl sites for hydroxylation is 1. The van der Waals surface area contributed by atoms with Crippen molar-refractivity contribution < 1.29 is 64.3 Å². The summed E-state index contributed by atoms with van der Waals surface area (Å²) in [5.74, 6) is 0. The van der Waals surface area contributed by atoms with E-state index in [-0.39, 0.29) is 56.8 Å². The summed E-state index contributed by atoms with van der Waals surface area (Å²) in [5.41, 5.74) is 2.21. The predicted molar refractivity (Wildman–Crippen MR) is 63.1 cm³/mol. The van der Waals surface area contributed by atoms with E-state index in [1.807, 2.05) is 18.2 Å². The van der Waals surface area contributed by atoms with Gasteiger partial charge in [-0.05, 0) is 23.0 Å². The molecule has 0 aromatic heterocycles. The van der Waals surface area contributed by atoms with E-state index < -0.39 is 12.3 Å². The fourth-order valence-corrected chi connectivity index (χ4v) is 3.64. The molecular weight excluding hydrogens is 263 g/mol. The third kappa shape index (κ3) is 1.97. The molecule has 3 aliphatic rings. The monoisotopic (exact) mass is 278 g/mol. The summed E-state index contributed by atoms with van der Waals surface area (Å²) in [6, 6.07) is 8.09. The quantitative estimate of drug-likeness (QED) is 0.731. The molecule has 0 atom stereocenters. The first kappa shape index (κ1) is 15.1. The van der Waals surface area contributed by atoms with Gasteiger partial charge in [-0.2, -0.15) is 0 Å². The molecule has 0 saturated heterocycles. The Hall–Kier alpha value is 0.711. The van der Waals surface area contributed by atoms with E-state index in [0.29, 0.717) is 19.3 Å². The summed E-state index contributed by atoms with van der Waals surface area (Å²) >= 11 is 0. The average molecular weight is 278 g/mol. The molecule has 0 aliphatic heterocycles. The summed E-state index contributed by atoms with van der Waals surface area (Å²) in [5, 5.41) is -1.28. The van der Waals surface area contributed by atoms with Crippen molar-refractivity contribution in [3.8, 4) is 0 Å². The fraction of sp³-hybridized carbons (Fsp3) is 0.538. The average Bonchev–Trinajstić information content (AvgIpc) is 2.11. The van der Waals surface area contributed by atoms with E-state index in [1.54, 1.807) is 0 Å². The Balaban J connectivity index is 0.00000120. The van der Waals surface area contributed by atoms with Crippen LogP contribution in [0.25, 0.3) is 0 Å². The van der Waals surface area contributed by atoms with Crippen LogP contribution in [-0.4, -0.2) is 6.98 Å². The van der Waals surface area contributed by atoms with Crippen molar-refractivity contribution >= 4 is 6.98 Å². The summed E-state index contributed by atoms with van der Waals surface area (Å²) in [6.07, 6.45) is 1.93. The van der Waals surface area contributed by atoms with Crippen LogP contribution in [0.15, 0.2) is 24.3 Å². The predicted octanol–water partition coefficient (Wildman–Crippen LogP) is 1.28. The van der Waals surface area contributed by atoms with Gasteiger partial charge >= 0.3 is 58.4 Å². The molecule has 1 aromatic rings. The van der Waals surface area contributed by atoms with E-state index in [1.165, 1.54) is 5.56 Å². The molecule has 4 rings (SSSR count). The van der Waals surface area contributed by atoms with Crippen LogP contribution in [0.5, 0.6) is 0 Å². The minimum absolute atomic E-state index is 0.